The Hall–Kier alpha value is -3.54. The van der Waals surface area contributed by atoms with Crippen LogP contribution in [-0.2, 0) is 30.9 Å². The van der Waals surface area contributed by atoms with Gasteiger partial charge >= 0.3 is 11.5 Å². The number of alkyl halides is 3. The largest absolute Gasteiger partial charge is 0.448 e. The molecular formula is C27H25F3N6O5S3. The average Bonchev–Trinajstić information content (AvgIpc) is 3.44. The predicted molar refractivity (Wildman–Crippen MR) is 157 cm³/mol. The van der Waals surface area contributed by atoms with Crippen molar-refractivity contribution >= 4 is 53.1 Å². The van der Waals surface area contributed by atoms with Crippen LogP contribution in [0.5, 0.6) is 0 Å². The molecule has 2 aromatic carbocycles. The lowest BCUT2D eigenvalue weighted by Crippen LogP contribution is -2.80. The maximum Gasteiger partial charge on any atom is 0.442 e. The molecule has 2 aliphatic heterocycles. The minimum absolute atomic E-state index is 0.0372. The molecule has 232 valence electrons. The van der Waals surface area contributed by atoms with Crippen molar-refractivity contribution in [2.24, 2.45) is 7.05 Å². The summed E-state index contributed by atoms with van der Waals surface area (Å²) in [5.41, 5.74) is -4.70. The Morgan fingerprint density at radius 2 is 1.77 bits per heavy atom. The van der Waals surface area contributed by atoms with Crippen LogP contribution in [0.15, 0.2) is 77.1 Å². The van der Waals surface area contributed by atoms with E-state index in [1.165, 1.54) is 40.2 Å². The first-order valence-electron chi connectivity index (χ1n) is 12.9. The van der Waals surface area contributed by atoms with Gasteiger partial charge in [-0.2, -0.15) is 13.2 Å². The number of tetrazole rings is 1. The molecule has 0 spiro atoms. The molecule has 11 nitrogen and oxygen atoms in total. The van der Waals surface area contributed by atoms with E-state index in [9.17, 15) is 27.6 Å². The number of aryl methyl sites for hydroxylation is 1. The number of carbonyl (C=O) groups excluding carboxylic acids is 3. The van der Waals surface area contributed by atoms with Gasteiger partial charge < -0.3 is 14.8 Å². The first-order valence-corrected chi connectivity index (χ1v) is 16.0. The first-order chi connectivity index (χ1) is 21.0. The topological polar surface area (TPSA) is 129 Å². The number of nitrogens with zero attached hydrogens (tertiary/aromatic N) is 5. The number of hydrogen-bond acceptors (Lipinski definition) is 11. The third-order valence-electron chi connectivity index (χ3n) is 6.70. The fourth-order valence-electron chi connectivity index (χ4n) is 4.68. The standard InChI is InChI=1S/C27H25F3N6O5S3/c1-35-25(32-33-34-35)43-14-18-13-42-24-26(40-2,31-19(37)15-44-27(28,29)30)23(39)36(24)20(18)22(38)41-21(16-9-5-3-6-10-16)17-11-7-4-8-12-17/h3-12,21,24H,13-15H2,1-2H3,(H,31,37)/t24-,26+/m1/s1. The Kier molecular flexibility index (Phi) is 9.57. The van der Waals surface area contributed by atoms with Crippen molar-refractivity contribution in [2.75, 3.05) is 24.4 Å². The Morgan fingerprint density at radius 3 is 2.32 bits per heavy atom. The van der Waals surface area contributed by atoms with Crippen LogP contribution in [0.2, 0.25) is 0 Å². The van der Waals surface area contributed by atoms with Crippen LogP contribution in [0.1, 0.15) is 17.2 Å². The third-order valence-corrected chi connectivity index (χ3v) is 9.91. The van der Waals surface area contributed by atoms with Gasteiger partial charge in [-0.3, -0.25) is 14.5 Å². The highest BCUT2D eigenvalue weighted by molar-refractivity contribution is 8.01. The molecule has 2 amide bonds. The van der Waals surface area contributed by atoms with Gasteiger partial charge in [-0.05, 0) is 38.9 Å². The van der Waals surface area contributed by atoms with Crippen LogP contribution in [0, 0.1) is 0 Å². The van der Waals surface area contributed by atoms with Crippen molar-refractivity contribution in [1.29, 1.82) is 0 Å². The number of methoxy groups -OCH3 is 1. The molecule has 1 aromatic heterocycles. The first kappa shape index (κ1) is 31.9. The molecule has 5 rings (SSSR count). The summed E-state index contributed by atoms with van der Waals surface area (Å²) >= 11 is 1.91. The van der Waals surface area contributed by atoms with Gasteiger partial charge in [0.1, 0.15) is 11.1 Å². The Morgan fingerprint density at radius 1 is 1.14 bits per heavy atom. The van der Waals surface area contributed by atoms with Gasteiger partial charge in [-0.15, -0.1) is 16.9 Å². The van der Waals surface area contributed by atoms with Gasteiger partial charge in [0.05, 0.1) is 5.75 Å². The Labute approximate surface area is 262 Å². The zero-order chi connectivity index (χ0) is 31.5. The molecule has 3 heterocycles. The number of ether oxygens (including phenoxy) is 2. The molecule has 44 heavy (non-hydrogen) atoms. The second kappa shape index (κ2) is 13.2. The van der Waals surface area contributed by atoms with E-state index in [4.69, 9.17) is 9.47 Å². The quantitative estimate of drug-likeness (QED) is 0.140. The summed E-state index contributed by atoms with van der Waals surface area (Å²) in [6.45, 7) is 0. The average molecular weight is 667 g/mol. The number of amides is 2. The maximum absolute atomic E-state index is 14.1. The lowest BCUT2D eigenvalue weighted by molar-refractivity contribution is -0.192. The smallest absolute Gasteiger partial charge is 0.442 e. The number of halogens is 3. The van der Waals surface area contributed by atoms with E-state index < -0.39 is 58.0 Å². The van der Waals surface area contributed by atoms with Crippen molar-refractivity contribution < 1.29 is 37.0 Å². The minimum Gasteiger partial charge on any atom is -0.448 e. The molecule has 1 saturated heterocycles. The molecule has 0 aliphatic carbocycles. The molecule has 3 aromatic rings. The lowest BCUT2D eigenvalue weighted by Gasteiger charge is -2.56. The molecule has 0 unspecified atom stereocenters. The van der Waals surface area contributed by atoms with Crippen molar-refractivity contribution in [3.05, 3.63) is 83.1 Å². The van der Waals surface area contributed by atoms with Gasteiger partial charge in [0, 0.05) is 25.7 Å². The van der Waals surface area contributed by atoms with Gasteiger partial charge in [0.25, 0.3) is 11.6 Å². The van der Waals surface area contributed by atoms with E-state index in [1.54, 1.807) is 7.05 Å². The zero-order valence-electron chi connectivity index (χ0n) is 23.2. The number of benzene rings is 2. The van der Waals surface area contributed by atoms with Crippen molar-refractivity contribution in [2.45, 2.75) is 27.9 Å². The highest BCUT2D eigenvalue weighted by atomic mass is 32.2. The van der Waals surface area contributed by atoms with Crippen LogP contribution >= 0.6 is 35.3 Å². The van der Waals surface area contributed by atoms with Crippen molar-refractivity contribution in [3.8, 4) is 0 Å². The van der Waals surface area contributed by atoms with Crippen LogP contribution < -0.4 is 5.32 Å². The number of carbonyl (C=O) groups is 3. The number of β-lactam (4-membered cyclic amide) rings is 1. The van der Waals surface area contributed by atoms with Gasteiger partial charge in [0.15, 0.2) is 6.10 Å². The van der Waals surface area contributed by atoms with Crippen LogP contribution in [0.4, 0.5) is 13.2 Å². The number of hydrogen-bond donors (Lipinski definition) is 1. The van der Waals surface area contributed by atoms with Crippen LogP contribution in [0.3, 0.4) is 0 Å². The number of fused-ring (bicyclic) bond motifs is 1. The molecule has 2 atom stereocenters. The fraction of sp³-hybridized carbons (Fsp3) is 0.333. The summed E-state index contributed by atoms with van der Waals surface area (Å²) < 4.78 is 51.1. The monoisotopic (exact) mass is 666 g/mol. The third kappa shape index (κ3) is 6.60. The normalized spacial score (nSPS) is 19.9. The second-order valence-corrected chi connectivity index (χ2v) is 12.5. The van der Waals surface area contributed by atoms with E-state index in [2.05, 4.69) is 20.8 Å². The SMILES string of the molecule is CO[C@@]1(NC(=O)CSC(F)(F)F)C(=O)N2C(C(=O)OC(c3ccccc3)c3ccccc3)=C(CSc3nnnn3C)CS[C@@H]21. The summed E-state index contributed by atoms with van der Waals surface area (Å²) in [6, 6.07) is 18.2. The number of nitrogens with one attached hydrogen (secondary N) is 1. The van der Waals surface area contributed by atoms with Gasteiger partial charge in [-0.25, -0.2) is 9.48 Å². The zero-order valence-corrected chi connectivity index (χ0v) is 25.6. The van der Waals surface area contributed by atoms with E-state index in [0.29, 0.717) is 21.9 Å². The molecule has 1 fully saturated rings. The number of esters is 1. The number of rotatable bonds is 11. The van der Waals surface area contributed by atoms with Crippen molar-refractivity contribution in [1.82, 2.24) is 30.4 Å². The Bertz CT molecular complexity index is 1520. The Balaban J connectivity index is 1.46. The summed E-state index contributed by atoms with van der Waals surface area (Å²) in [5, 5.41) is 13.2. The molecule has 2 aliphatic rings. The maximum atomic E-state index is 14.1. The summed E-state index contributed by atoms with van der Waals surface area (Å²) in [7, 11) is 2.83. The van der Waals surface area contributed by atoms with Crippen molar-refractivity contribution in [3.63, 3.8) is 0 Å². The molecule has 0 bridgehead atoms. The van der Waals surface area contributed by atoms with Crippen LogP contribution in [0.25, 0.3) is 0 Å². The molecule has 17 heteroatoms. The summed E-state index contributed by atoms with van der Waals surface area (Å²) in [5.74, 6) is -3.17. The van der Waals surface area contributed by atoms with E-state index in [1.807, 2.05) is 60.7 Å². The number of thioether (sulfide) groups is 3. The van der Waals surface area contributed by atoms with E-state index in [-0.39, 0.29) is 17.2 Å². The predicted octanol–water partition coefficient (Wildman–Crippen LogP) is 3.52. The fourth-order valence-corrected chi connectivity index (χ4v) is 7.47. The molecular weight excluding hydrogens is 642 g/mol. The van der Waals surface area contributed by atoms with E-state index in [0.717, 1.165) is 0 Å². The minimum atomic E-state index is -4.63. The highest BCUT2D eigenvalue weighted by Crippen LogP contribution is 2.48. The van der Waals surface area contributed by atoms with Gasteiger partial charge in [-0.1, -0.05) is 72.4 Å². The number of aromatic nitrogens is 4. The second-order valence-electron chi connectivity index (χ2n) is 9.49. The summed E-state index contributed by atoms with van der Waals surface area (Å²) in [6.07, 6.45) is -0.815. The lowest BCUT2D eigenvalue weighted by atomic mass is 9.98. The molecule has 1 N–H and O–H groups in total. The molecule has 0 radical (unpaired) electrons. The molecule has 0 saturated carbocycles. The highest BCUT2D eigenvalue weighted by Gasteiger charge is 2.66. The van der Waals surface area contributed by atoms with Crippen LogP contribution in [-0.4, -0.2) is 83.9 Å². The van der Waals surface area contributed by atoms with Gasteiger partial charge in [0.2, 0.25) is 11.1 Å². The summed E-state index contributed by atoms with van der Waals surface area (Å²) in [4.78, 5) is 41.4. The van der Waals surface area contributed by atoms with E-state index >= 15 is 0 Å².